The Morgan fingerprint density at radius 2 is 2.31 bits per heavy atom. The number of hydrogen-bond acceptors (Lipinski definition) is 3. The minimum atomic E-state index is 0.307. The summed E-state index contributed by atoms with van der Waals surface area (Å²) in [5.74, 6) is 0.633. The molecule has 0 spiro atoms. The molecular formula is C10H12N2O. The molecular weight excluding hydrogens is 164 g/mol. The predicted molar refractivity (Wildman–Crippen MR) is 48.1 cm³/mol. The summed E-state index contributed by atoms with van der Waals surface area (Å²) in [6.07, 6.45) is 8.71. The van der Waals surface area contributed by atoms with Gasteiger partial charge in [0, 0.05) is 24.5 Å². The Labute approximate surface area is 77.2 Å². The lowest BCUT2D eigenvalue weighted by Crippen LogP contribution is -2.23. The molecule has 0 bridgehead atoms. The van der Waals surface area contributed by atoms with Crippen LogP contribution in [0.25, 0.3) is 0 Å². The van der Waals surface area contributed by atoms with Crippen LogP contribution in [0.2, 0.25) is 0 Å². The molecule has 0 radical (unpaired) electrons. The summed E-state index contributed by atoms with van der Waals surface area (Å²) in [6.45, 7) is 0. The van der Waals surface area contributed by atoms with Gasteiger partial charge in [0.2, 0.25) is 0 Å². The number of aromatic nitrogens is 2. The summed E-state index contributed by atoms with van der Waals surface area (Å²) >= 11 is 0. The second kappa shape index (κ2) is 3.64. The maximum absolute atomic E-state index is 11.5. The molecule has 0 unspecified atom stereocenters. The first-order valence-corrected chi connectivity index (χ1v) is 4.64. The van der Waals surface area contributed by atoms with Crippen LogP contribution in [-0.4, -0.2) is 15.8 Å². The summed E-state index contributed by atoms with van der Waals surface area (Å²) in [7, 11) is 0. The van der Waals surface area contributed by atoms with E-state index < -0.39 is 0 Å². The number of nitrogens with zero attached hydrogens (tertiary/aromatic N) is 2. The first-order valence-electron chi connectivity index (χ1n) is 4.64. The summed E-state index contributed by atoms with van der Waals surface area (Å²) in [4.78, 5) is 19.5. The topological polar surface area (TPSA) is 42.9 Å². The average molecular weight is 176 g/mol. The van der Waals surface area contributed by atoms with Gasteiger partial charge in [0.05, 0.1) is 12.1 Å². The normalized spacial score (nSPS) is 16.6. The standard InChI is InChI=1S/C10H12N2O/c13-10(8-2-1-3-8)6-9-7-11-4-5-12-9/h4-5,7-8H,1-3,6H2. The van der Waals surface area contributed by atoms with E-state index in [9.17, 15) is 4.79 Å². The number of Topliss-reactive ketones (excluding diaryl/α,β-unsaturated/α-hetero) is 1. The molecule has 1 aromatic heterocycles. The van der Waals surface area contributed by atoms with Crippen LogP contribution in [0.4, 0.5) is 0 Å². The zero-order valence-corrected chi connectivity index (χ0v) is 7.44. The highest BCUT2D eigenvalue weighted by Crippen LogP contribution is 2.27. The molecule has 0 saturated heterocycles. The zero-order valence-electron chi connectivity index (χ0n) is 7.44. The fraction of sp³-hybridized carbons (Fsp3) is 0.500. The molecule has 3 heteroatoms. The van der Waals surface area contributed by atoms with Crippen LogP contribution < -0.4 is 0 Å². The van der Waals surface area contributed by atoms with Crippen LogP contribution in [0.15, 0.2) is 18.6 Å². The smallest absolute Gasteiger partial charge is 0.141 e. The molecule has 1 heterocycles. The Morgan fingerprint density at radius 3 is 2.85 bits per heavy atom. The van der Waals surface area contributed by atoms with Gasteiger partial charge in [-0.05, 0) is 12.8 Å². The van der Waals surface area contributed by atoms with Gasteiger partial charge < -0.3 is 0 Å². The van der Waals surface area contributed by atoms with Gasteiger partial charge in [0.15, 0.2) is 0 Å². The Morgan fingerprint density at radius 1 is 1.46 bits per heavy atom. The van der Waals surface area contributed by atoms with Gasteiger partial charge >= 0.3 is 0 Å². The number of rotatable bonds is 3. The second-order valence-corrected chi connectivity index (χ2v) is 3.47. The number of carbonyl (C=O) groups is 1. The van der Waals surface area contributed by atoms with Crippen LogP contribution in [0.1, 0.15) is 25.0 Å². The highest BCUT2D eigenvalue weighted by atomic mass is 16.1. The monoisotopic (exact) mass is 176 g/mol. The van der Waals surface area contributed by atoms with Crippen molar-refractivity contribution in [1.82, 2.24) is 9.97 Å². The highest BCUT2D eigenvalue weighted by Gasteiger charge is 2.25. The summed E-state index contributed by atoms with van der Waals surface area (Å²) in [5, 5.41) is 0. The first-order chi connectivity index (χ1) is 6.36. The summed E-state index contributed by atoms with van der Waals surface area (Å²) in [5.41, 5.74) is 0.791. The van der Waals surface area contributed by atoms with Gasteiger partial charge in [-0.15, -0.1) is 0 Å². The lowest BCUT2D eigenvalue weighted by molar-refractivity contribution is -0.124. The summed E-state index contributed by atoms with van der Waals surface area (Å²) in [6, 6.07) is 0. The van der Waals surface area contributed by atoms with Gasteiger partial charge in [-0.25, -0.2) is 0 Å². The molecule has 1 aromatic rings. The van der Waals surface area contributed by atoms with Gasteiger partial charge in [-0.1, -0.05) is 6.42 Å². The molecule has 1 saturated carbocycles. The fourth-order valence-electron chi connectivity index (χ4n) is 1.47. The van der Waals surface area contributed by atoms with Gasteiger partial charge in [-0.2, -0.15) is 0 Å². The lowest BCUT2D eigenvalue weighted by Gasteiger charge is -2.23. The molecule has 2 rings (SSSR count). The molecule has 0 aromatic carbocycles. The van der Waals surface area contributed by atoms with Crippen molar-refractivity contribution in [1.29, 1.82) is 0 Å². The first kappa shape index (κ1) is 8.35. The van der Waals surface area contributed by atoms with E-state index in [0.717, 1.165) is 18.5 Å². The second-order valence-electron chi connectivity index (χ2n) is 3.47. The highest BCUT2D eigenvalue weighted by molar-refractivity contribution is 5.83. The molecule has 0 N–H and O–H groups in total. The Bertz CT molecular complexity index is 293. The van der Waals surface area contributed by atoms with E-state index in [4.69, 9.17) is 0 Å². The quantitative estimate of drug-likeness (QED) is 0.699. The van der Waals surface area contributed by atoms with Gasteiger partial charge in [0.1, 0.15) is 5.78 Å². The molecule has 1 fully saturated rings. The number of ketones is 1. The molecule has 0 aliphatic heterocycles. The van der Waals surface area contributed by atoms with Crippen molar-refractivity contribution in [2.45, 2.75) is 25.7 Å². The summed E-state index contributed by atoms with van der Waals surface area (Å²) < 4.78 is 0. The van der Waals surface area contributed by atoms with Gasteiger partial charge in [-0.3, -0.25) is 14.8 Å². The van der Waals surface area contributed by atoms with Crippen LogP contribution in [0, 0.1) is 5.92 Å². The predicted octanol–water partition coefficient (Wildman–Crippen LogP) is 1.39. The van der Waals surface area contributed by atoms with Crippen LogP contribution in [0.3, 0.4) is 0 Å². The Kier molecular flexibility index (Phi) is 2.34. The van der Waals surface area contributed by atoms with E-state index in [-0.39, 0.29) is 0 Å². The molecule has 0 atom stereocenters. The van der Waals surface area contributed by atoms with E-state index in [1.54, 1.807) is 18.6 Å². The van der Waals surface area contributed by atoms with Crippen molar-refractivity contribution < 1.29 is 4.79 Å². The van der Waals surface area contributed by atoms with E-state index in [1.165, 1.54) is 6.42 Å². The third kappa shape index (κ3) is 1.91. The van der Waals surface area contributed by atoms with E-state index in [2.05, 4.69) is 9.97 Å². The van der Waals surface area contributed by atoms with E-state index in [0.29, 0.717) is 18.1 Å². The number of hydrogen-bond donors (Lipinski definition) is 0. The molecule has 1 aliphatic rings. The van der Waals surface area contributed by atoms with Crippen molar-refractivity contribution in [3.63, 3.8) is 0 Å². The molecule has 68 valence electrons. The SMILES string of the molecule is O=C(Cc1cnccn1)C1CCC1. The zero-order chi connectivity index (χ0) is 9.10. The largest absolute Gasteiger partial charge is 0.299 e. The van der Waals surface area contributed by atoms with Crippen LogP contribution in [-0.2, 0) is 11.2 Å². The fourth-order valence-corrected chi connectivity index (χ4v) is 1.47. The van der Waals surface area contributed by atoms with Crippen molar-refractivity contribution in [2.75, 3.05) is 0 Å². The van der Waals surface area contributed by atoms with Crippen molar-refractivity contribution in [2.24, 2.45) is 5.92 Å². The molecule has 3 nitrogen and oxygen atoms in total. The molecule has 13 heavy (non-hydrogen) atoms. The average Bonchev–Trinajstić information content (AvgIpc) is 2.02. The minimum Gasteiger partial charge on any atom is -0.299 e. The minimum absolute atomic E-state index is 0.307. The van der Waals surface area contributed by atoms with Gasteiger partial charge in [0.25, 0.3) is 0 Å². The van der Waals surface area contributed by atoms with E-state index >= 15 is 0 Å². The maximum atomic E-state index is 11.5. The van der Waals surface area contributed by atoms with Crippen molar-refractivity contribution >= 4 is 5.78 Å². The Hall–Kier alpha value is -1.25. The Balaban J connectivity index is 1.94. The molecule has 0 amide bonds. The lowest BCUT2D eigenvalue weighted by atomic mass is 9.81. The number of carbonyl (C=O) groups excluding carboxylic acids is 1. The van der Waals surface area contributed by atoms with E-state index in [1.807, 2.05) is 0 Å². The maximum Gasteiger partial charge on any atom is 0.141 e. The van der Waals surface area contributed by atoms with Crippen molar-refractivity contribution in [3.05, 3.63) is 24.3 Å². The third-order valence-corrected chi connectivity index (χ3v) is 2.53. The molecule has 1 aliphatic carbocycles. The van der Waals surface area contributed by atoms with Crippen LogP contribution in [0.5, 0.6) is 0 Å². The van der Waals surface area contributed by atoms with Crippen molar-refractivity contribution in [3.8, 4) is 0 Å². The third-order valence-electron chi connectivity index (χ3n) is 2.53. The van der Waals surface area contributed by atoms with Crippen LogP contribution >= 0.6 is 0 Å².